The molecule has 0 saturated carbocycles. The minimum atomic E-state index is -0.873. The van der Waals surface area contributed by atoms with E-state index in [2.05, 4.69) is 21.0 Å². The number of hydrogen-bond donors (Lipinski definition) is 1. The van der Waals surface area contributed by atoms with Gasteiger partial charge in [0.25, 0.3) is 0 Å². The zero-order chi connectivity index (χ0) is 24.7. The molecule has 2 atom stereocenters. The zero-order valence-corrected chi connectivity index (χ0v) is 20.2. The molecular weight excluding hydrogens is 448 g/mol. The Bertz CT molecular complexity index is 1390. The molecule has 1 aliphatic rings. The van der Waals surface area contributed by atoms with E-state index in [9.17, 15) is 9.90 Å². The summed E-state index contributed by atoms with van der Waals surface area (Å²) in [6.07, 6.45) is 2.88. The first-order valence-electron chi connectivity index (χ1n) is 11.5. The number of aromatic nitrogens is 4. The lowest BCUT2D eigenvalue weighted by molar-refractivity contribution is 0.0516. The van der Waals surface area contributed by atoms with E-state index in [1.54, 1.807) is 11.8 Å². The molecule has 5 rings (SSSR count). The number of amides is 1. The number of carbonyl (C=O) groups is 1. The van der Waals surface area contributed by atoms with Crippen LogP contribution in [0.2, 0.25) is 0 Å². The fourth-order valence-corrected chi connectivity index (χ4v) is 4.85. The number of piperazine rings is 1. The topological polar surface area (TPSA) is 106 Å². The smallest absolute Gasteiger partial charge is 0.407 e. The van der Waals surface area contributed by atoms with Crippen LogP contribution in [0.4, 0.5) is 10.5 Å². The van der Waals surface area contributed by atoms with Crippen molar-refractivity contribution >= 4 is 33.6 Å². The van der Waals surface area contributed by atoms with E-state index in [1.165, 1.54) is 4.90 Å². The monoisotopic (exact) mass is 476 g/mol. The Morgan fingerprint density at radius 3 is 2.60 bits per heavy atom. The van der Waals surface area contributed by atoms with Crippen molar-refractivity contribution in [1.82, 2.24) is 24.6 Å². The van der Waals surface area contributed by atoms with Gasteiger partial charge in [-0.25, -0.2) is 14.8 Å². The Morgan fingerprint density at radius 2 is 1.89 bits per heavy atom. The first kappa shape index (κ1) is 22.9. The Balaban J connectivity index is 1.48. The SMILES string of the molecule is COCOc1cc2nn(C)cc2cc1-c1ncc2cc(N3C[C@@H](C)N(C(=O)O)[C@H](C)C3)ccc2n1. The van der Waals surface area contributed by atoms with Crippen LogP contribution in [0.25, 0.3) is 33.2 Å². The summed E-state index contributed by atoms with van der Waals surface area (Å²) in [6, 6.07) is 9.72. The average molecular weight is 477 g/mol. The van der Waals surface area contributed by atoms with Crippen LogP contribution in [0, 0.1) is 0 Å². The van der Waals surface area contributed by atoms with Gasteiger partial charge in [-0.2, -0.15) is 5.10 Å². The van der Waals surface area contributed by atoms with Gasteiger partial charge in [-0.05, 0) is 38.1 Å². The number of anilines is 1. The second-order valence-corrected chi connectivity index (χ2v) is 8.99. The van der Waals surface area contributed by atoms with Gasteiger partial charge in [0.2, 0.25) is 0 Å². The van der Waals surface area contributed by atoms with E-state index in [0.717, 1.165) is 33.1 Å². The molecule has 2 aromatic heterocycles. The van der Waals surface area contributed by atoms with E-state index >= 15 is 0 Å². The van der Waals surface area contributed by atoms with Gasteiger partial charge >= 0.3 is 6.09 Å². The maximum Gasteiger partial charge on any atom is 0.407 e. The van der Waals surface area contributed by atoms with Crippen molar-refractivity contribution in [3.63, 3.8) is 0 Å². The molecule has 1 aliphatic heterocycles. The van der Waals surface area contributed by atoms with Crippen LogP contribution in [0.1, 0.15) is 13.8 Å². The number of hydrogen-bond acceptors (Lipinski definition) is 7. The van der Waals surface area contributed by atoms with Gasteiger partial charge in [-0.15, -0.1) is 0 Å². The van der Waals surface area contributed by atoms with E-state index in [-0.39, 0.29) is 18.9 Å². The molecule has 0 aliphatic carbocycles. The number of benzene rings is 2. The van der Waals surface area contributed by atoms with Crippen LogP contribution < -0.4 is 9.64 Å². The molecule has 35 heavy (non-hydrogen) atoms. The summed E-state index contributed by atoms with van der Waals surface area (Å²) in [5, 5.41) is 15.8. The van der Waals surface area contributed by atoms with Crippen molar-refractivity contribution in [1.29, 1.82) is 0 Å². The predicted octanol–water partition coefficient (Wildman–Crippen LogP) is 3.74. The normalized spacial score (nSPS) is 18.4. The zero-order valence-electron chi connectivity index (χ0n) is 20.2. The molecule has 1 saturated heterocycles. The van der Waals surface area contributed by atoms with Crippen LogP contribution in [-0.2, 0) is 11.8 Å². The molecule has 4 aromatic rings. The maximum absolute atomic E-state index is 11.6. The van der Waals surface area contributed by atoms with Crippen molar-refractivity contribution in [2.45, 2.75) is 25.9 Å². The summed E-state index contributed by atoms with van der Waals surface area (Å²) < 4.78 is 12.7. The quantitative estimate of drug-likeness (QED) is 0.434. The molecule has 0 bridgehead atoms. The van der Waals surface area contributed by atoms with Crippen LogP contribution in [-0.4, -0.2) is 74.9 Å². The molecule has 10 nitrogen and oxygen atoms in total. The highest BCUT2D eigenvalue weighted by atomic mass is 16.7. The van der Waals surface area contributed by atoms with E-state index < -0.39 is 6.09 Å². The second-order valence-electron chi connectivity index (χ2n) is 8.99. The van der Waals surface area contributed by atoms with E-state index in [4.69, 9.17) is 14.5 Å². The highest BCUT2D eigenvalue weighted by Gasteiger charge is 2.32. The number of carboxylic acid groups (broad SMARTS) is 1. The molecule has 1 N–H and O–H groups in total. The second kappa shape index (κ2) is 9.03. The van der Waals surface area contributed by atoms with E-state index in [0.29, 0.717) is 24.7 Å². The lowest BCUT2D eigenvalue weighted by atomic mass is 10.1. The van der Waals surface area contributed by atoms with Crippen molar-refractivity contribution in [3.05, 3.63) is 42.7 Å². The molecule has 3 heterocycles. The predicted molar refractivity (Wildman–Crippen MR) is 133 cm³/mol. The highest BCUT2D eigenvalue weighted by Crippen LogP contribution is 2.33. The van der Waals surface area contributed by atoms with Gasteiger partial charge in [0.15, 0.2) is 12.6 Å². The number of rotatable bonds is 5. The van der Waals surface area contributed by atoms with Crippen molar-refractivity contribution in [3.8, 4) is 17.1 Å². The van der Waals surface area contributed by atoms with Gasteiger partial charge < -0.3 is 19.5 Å². The summed E-state index contributed by atoms with van der Waals surface area (Å²) in [4.78, 5) is 24.8. The average Bonchev–Trinajstić information content (AvgIpc) is 3.19. The number of fused-ring (bicyclic) bond motifs is 2. The first-order valence-corrected chi connectivity index (χ1v) is 11.5. The summed E-state index contributed by atoms with van der Waals surface area (Å²) in [5.74, 6) is 1.16. The third-order valence-electron chi connectivity index (χ3n) is 6.36. The molecule has 2 aromatic carbocycles. The lowest BCUT2D eigenvalue weighted by Crippen LogP contribution is -2.58. The van der Waals surface area contributed by atoms with Crippen LogP contribution in [0.3, 0.4) is 0 Å². The summed E-state index contributed by atoms with van der Waals surface area (Å²) in [7, 11) is 3.45. The maximum atomic E-state index is 11.6. The number of methoxy groups -OCH3 is 1. The fraction of sp³-hybridized carbons (Fsp3) is 0.360. The Morgan fingerprint density at radius 1 is 1.11 bits per heavy atom. The third kappa shape index (κ3) is 4.32. The Kier molecular flexibility index (Phi) is 5.89. The molecule has 10 heteroatoms. The van der Waals surface area contributed by atoms with Gasteiger partial charge in [0.05, 0.1) is 28.7 Å². The molecule has 1 fully saturated rings. The summed E-state index contributed by atoms with van der Waals surface area (Å²) in [6.45, 7) is 5.25. The van der Waals surface area contributed by atoms with E-state index in [1.807, 2.05) is 57.6 Å². The molecule has 0 spiro atoms. The minimum absolute atomic E-state index is 0.0986. The Hall–Kier alpha value is -3.92. The minimum Gasteiger partial charge on any atom is -0.467 e. The summed E-state index contributed by atoms with van der Waals surface area (Å²) in [5.41, 5.74) is 3.42. The number of nitrogens with zero attached hydrogens (tertiary/aromatic N) is 6. The fourth-order valence-electron chi connectivity index (χ4n) is 4.85. The van der Waals surface area contributed by atoms with Crippen LogP contribution >= 0.6 is 0 Å². The van der Waals surface area contributed by atoms with Gasteiger partial charge in [0.1, 0.15) is 5.75 Å². The molecule has 0 radical (unpaired) electrons. The molecular formula is C25H28N6O4. The van der Waals surface area contributed by atoms with Crippen molar-refractivity contribution in [2.24, 2.45) is 7.05 Å². The summed E-state index contributed by atoms with van der Waals surface area (Å²) >= 11 is 0. The number of ether oxygens (including phenoxy) is 2. The molecule has 0 unspecified atom stereocenters. The van der Waals surface area contributed by atoms with Crippen molar-refractivity contribution < 1.29 is 19.4 Å². The molecule has 182 valence electrons. The molecule has 1 amide bonds. The van der Waals surface area contributed by atoms with Gasteiger partial charge in [0, 0.05) is 62.2 Å². The Labute approximate surface area is 202 Å². The largest absolute Gasteiger partial charge is 0.467 e. The standard InChI is InChI=1S/C25H28N6O4/c1-15-11-30(12-16(2)31(15)25(32)33)19-5-6-21-17(7-19)10-26-24(27-21)20-8-18-13-29(3)28-22(18)9-23(20)35-14-34-4/h5-10,13,15-16H,11-12,14H2,1-4H3,(H,32,33)/t15-,16-/m1/s1. The van der Waals surface area contributed by atoms with Gasteiger partial charge in [-0.3, -0.25) is 9.58 Å². The van der Waals surface area contributed by atoms with Crippen LogP contribution in [0.15, 0.2) is 42.7 Å². The van der Waals surface area contributed by atoms with Gasteiger partial charge in [-0.1, -0.05) is 0 Å². The first-order chi connectivity index (χ1) is 16.8. The third-order valence-corrected chi connectivity index (χ3v) is 6.36. The van der Waals surface area contributed by atoms with Crippen LogP contribution in [0.5, 0.6) is 5.75 Å². The van der Waals surface area contributed by atoms with Crippen molar-refractivity contribution in [2.75, 3.05) is 31.9 Å². The highest BCUT2D eigenvalue weighted by molar-refractivity contribution is 5.88. The number of aryl methyl sites for hydroxylation is 1. The lowest BCUT2D eigenvalue weighted by Gasteiger charge is -2.43.